The topological polar surface area (TPSA) is 119 Å². The highest BCUT2D eigenvalue weighted by molar-refractivity contribution is 5.87. The molecule has 2 fully saturated rings. The molecule has 0 saturated heterocycles. The lowest BCUT2D eigenvalue weighted by Crippen LogP contribution is -2.56. The third-order valence-electron chi connectivity index (χ3n) is 7.17. The predicted molar refractivity (Wildman–Crippen MR) is 107 cm³/mol. The van der Waals surface area contributed by atoms with Crippen molar-refractivity contribution in [3.8, 4) is 0 Å². The summed E-state index contributed by atoms with van der Waals surface area (Å²) in [6.45, 7) is 8.35. The molecule has 8 heteroatoms. The van der Waals surface area contributed by atoms with Crippen LogP contribution < -0.4 is 0 Å². The van der Waals surface area contributed by atoms with Crippen molar-refractivity contribution in [3.63, 3.8) is 0 Å². The van der Waals surface area contributed by atoms with Gasteiger partial charge in [-0.2, -0.15) is 0 Å². The highest BCUT2D eigenvalue weighted by atomic mass is 16.6. The molecular formula is C22H34O8. The van der Waals surface area contributed by atoms with Crippen LogP contribution in [0.25, 0.3) is 0 Å². The molecule has 0 aromatic heterocycles. The summed E-state index contributed by atoms with van der Waals surface area (Å²) in [7, 11) is 2.30. The summed E-state index contributed by atoms with van der Waals surface area (Å²) in [5.41, 5.74) is 0.101. The van der Waals surface area contributed by atoms with Crippen LogP contribution >= 0.6 is 0 Å². The van der Waals surface area contributed by atoms with Gasteiger partial charge in [0.25, 0.3) is 0 Å². The van der Waals surface area contributed by atoms with Crippen molar-refractivity contribution in [3.05, 3.63) is 12.2 Å². The van der Waals surface area contributed by atoms with E-state index >= 15 is 0 Å². The number of carboxylic acid groups (broad SMARTS) is 1. The molecule has 0 aromatic rings. The highest BCUT2D eigenvalue weighted by Gasteiger charge is 2.56. The number of rotatable bonds is 8. The standard InChI is InChI=1S/C22H34O8/c1-13-7-8-15-21(2,12-23)9-6-10-22(15,3)18(13)30-17(20(27)29-5)14(11-16(24)25)19(26)28-4/h14-15,17-18,23H,1,6-12H2,2-5H3,(H,24,25). The Morgan fingerprint density at radius 2 is 1.80 bits per heavy atom. The van der Waals surface area contributed by atoms with Crippen molar-refractivity contribution in [2.24, 2.45) is 22.7 Å². The third kappa shape index (κ3) is 4.54. The summed E-state index contributed by atoms with van der Waals surface area (Å²) in [6.07, 6.45) is 1.47. The van der Waals surface area contributed by atoms with E-state index in [4.69, 9.17) is 14.2 Å². The number of methoxy groups -OCH3 is 2. The number of fused-ring (bicyclic) bond motifs is 1. The molecule has 2 N–H and O–H groups in total. The normalized spacial score (nSPS) is 33.2. The molecule has 6 atom stereocenters. The summed E-state index contributed by atoms with van der Waals surface area (Å²) in [4.78, 5) is 36.2. The second kappa shape index (κ2) is 9.47. The molecule has 2 aliphatic carbocycles. The van der Waals surface area contributed by atoms with Gasteiger partial charge in [0.1, 0.15) is 5.92 Å². The number of aliphatic carboxylic acids is 1. The van der Waals surface area contributed by atoms with Crippen LogP contribution in [-0.2, 0) is 28.6 Å². The molecule has 0 radical (unpaired) electrons. The van der Waals surface area contributed by atoms with Gasteiger partial charge in [0.15, 0.2) is 6.10 Å². The number of hydrogen-bond acceptors (Lipinski definition) is 7. The number of aliphatic hydroxyl groups excluding tert-OH is 1. The van der Waals surface area contributed by atoms with Gasteiger partial charge in [-0.25, -0.2) is 4.79 Å². The maximum Gasteiger partial charge on any atom is 0.335 e. The Balaban J connectivity index is 2.44. The van der Waals surface area contributed by atoms with Crippen molar-refractivity contribution in [1.82, 2.24) is 0 Å². The van der Waals surface area contributed by atoms with Crippen molar-refractivity contribution in [1.29, 1.82) is 0 Å². The fraction of sp³-hybridized carbons (Fsp3) is 0.773. The summed E-state index contributed by atoms with van der Waals surface area (Å²) >= 11 is 0. The first-order valence-electron chi connectivity index (χ1n) is 10.4. The van der Waals surface area contributed by atoms with E-state index in [1.807, 2.05) is 0 Å². The number of carbonyl (C=O) groups excluding carboxylic acids is 2. The molecule has 170 valence electrons. The first-order valence-corrected chi connectivity index (χ1v) is 10.4. The Morgan fingerprint density at radius 1 is 1.17 bits per heavy atom. The molecule has 0 heterocycles. The van der Waals surface area contributed by atoms with E-state index in [0.29, 0.717) is 6.42 Å². The van der Waals surface area contributed by atoms with Gasteiger partial charge in [0.2, 0.25) is 0 Å². The maximum atomic E-state index is 12.6. The minimum absolute atomic E-state index is 0.0523. The molecule has 2 saturated carbocycles. The van der Waals surface area contributed by atoms with E-state index in [1.165, 1.54) is 0 Å². The van der Waals surface area contributed by atoms with Gasteiger partial charge in [-0.1, -0.05) is 26.8 Å². The van der Waals surface area contributed by atoms with Crippen molar-refractivity contribution < 1.29 is 38.8 Å². The van der Waals surface area contributed by atoms with Gasteiger partial charge < -0.3 is 24.4 Å². The van der Waals surface area contributed by atoms with Crippen LogP contribution in [0.4, 0.5) is 0 Å². The summed E-state index contributed by atoms with van der Waals surface area (Å²) in [5.74, 6) is -4.14. The smallest absolute Gasteiger partial charge is 0.335 e. The first kappa shape index (κ1) is 24.3. The molecule has 0 aliphatic heterocycles. The third-order valence-corrected chi connectivity index (χ3v) is 7.17. The largest absolute Gasteiger partial charge is 0.481 e. The van der Waals surface area contributed by atoms with E-state index < -0.39 is 47.9 Å². The average molecular weight is 427 g/mol. The lowest BCUT2D eigenvalue weighted by atomic mass is 9.49. The Hall–Kier alpha value is -1.93. The number of carboxylic acids is 1. The molecule has 0 aromatic carbocycles. The number of carbonyl (C=O) groups is 3. The van der Waals surface area contributed by atoms with E-state index in [-0.39, 0.29) is 17.9 Å². The van der Waals surface area contributed by atoms with Crippen molar-refractivity contribution in [2.45, 2.75) is 64.6 Å². The van der Waals surface area contributed by atoms with Gasteiger partial charge in [-0.05, 0) is 42.6 Å². The minimum Gasteiger partial charge on any atom is -0.481 e. The summed E-state index contributed by atoms with van der Waals surface area (Å²) in [5, 5.41) is 19.4. The lowest BCUT2D eigenvalue weighted by Gasteiger charge is -2.58. The fourth-order valence-corrected chi connectivity index (χ4v) is 5.61. The zero-order chi connectivity index (χ0) is 22.7. The zero-order valence-corrected chi connectivity index (χ0v) is 18.3. The zero-order valence-electron chi connectivity index (χ0n) is 18.3. The molecular weight excluding hydrogens is 392 g/mol. The van der Waals surface area contributed by atoms with E-state index in [1.54, 1.807) is 0 Å². The Morgan fingerprint density at radius 3 is 2.33 bits per heavy atom. The summed E-state index contributed by atoms with van der Waals surface area (Å²) in [6, 6.07) is 0. The second-order valence-electron chi connectivity index (χ2n) is 9.11. The number of hydrogen-bond donors (Lipinski definition) is 2. The van der Waals surface area contributed by atoms with Gasteiger partial charge in [0.05, 0.1) is 26.7 Å². The first-order chi connectivity index (χ1) is 14.0. The lowest BCUT2D eigenvalue weighted by molar-refractivity contribution is -0.191. The van der Waals surface area contributed by atoms with Gasteiger partial charge in [-0.15, -0.1) is 0 Å². The van der Waals surface area contributed by atoms with Gasteiger partial charge >= 0.3 is 17.9 Å². The number of esters is 2. The number of ether oxygens (including phenoxy) is 3. The summed E-state index contributed by atoms with van der Waals surface area (Å²) < 4.78 is 15.8. The van der Waals surface area contributed by atoms with Crippen molar-refractivity contribution in [2.75, 3.05) is 20.8 Å². The SMILES string of the molecule is C=C1CCC2C(C)(CO)CCCC2(C)C1OC(C(=O)OC)C(CC(=O)O)C(=O)OC. The minimum atomic E-state index is -1.43. The van der Waals surface area contributed by atoms with E-state index in [9.17, 15) is 24.6 Å². The molecule has 0 amide bonds. The Bertz CT molecular complexity index is 689. The van der Waals surface area contributed by atoms with Crippen LogP contribution in [0.3, 0.4) is 0 Å². The van der Waals surface area contributed by atoms with E-state index in [0.717, 1.165) is 45.5 Å². The molecule has 2 aliphatic rings. The molecule has 0 bridgehead atoms. The second-order valence-corrected chi connectivity index (χ2v) is 9.11. The van der Waals surface area contributed by atoms with Crippen LogP contribution in [0.1, 0.15) is 52.4 Å². The van der Waals surface area contributed by atoms with Gasteiger partial charge in [0, 0.05) is 12.0 Å². The maximum absolute atomic E-state index is 12.6. The molecule has 0 spiro atoms. The molecule has 30 heavy (non-hydrogen) atoms. The fourth-order valence-electron chi connectivity index (χ4n) is 5.61. The van der Waals surface area contributed by atoms with Crippen LogP contribution in [-0.4, -0.2) is 61.2 Å². The Kier molecular flexibility index (Phi) is 7.69. The average Bonchev–Trinajstić information content (AvgIpc) is 2.70. The van der Waals surface area contributed by atoms with Crippen LogP contribution in [0.2, 0.25) is 0 Å². The monoisotopic (exact) mass is 426 g/mol. The quantitative estimate of drug-likeness (QED) is 0.448. The Labute approximate surface area is 177 Å². The molecule has 2 rings (SSSR count). The van der Waals surface area contributed by atoms with Gasteiger partial charge in [-0.3, -0.25) is 9.59 Å². The highest BCUT2D eigenvalue weighted by Crippen LogP contribution is 2.59. The van der Waals surface area contributed by atoms with Crippen LogP contribution in [0.5, 0.6) is 0 Å². The molecule has 8 nitrogen and oxygen atoms in total. The number of aliphatic hydroxyl groups is 1. The van der Waals surface area contributed by atoms with Crippen LogP contribution in [0, 0.1) is 22.7 Å². The molecule has 6 unspecified atom stereocenters. The predicted octanol–water partition coefficient (Wildman–Crippen LogP) is 2.33. The van der Waals surface area contributed by atoms with Crippen LogP contribution in [0.15, 0.2) is 12.2 Å². The van der Waals surface area contributed by atoms with E-state index in [2.05, 4.69) is 20.4 Å². The van der Waals surface area contributed by atoms with Crippen molar-refractivity contribution >= 4 is 17.9 Å².